The average Bonchev–Trinajstić information content (AvgIpc) is 2.46. The molecule has 2 rings (SSSR count). The van der Waals surface area contributed by atoms with Crippen molar-refractivity contribution < 1.29 is 14.3 Å². The topological polar surface area (TPSA) is 46.6 Å². The van der Waals surface area contributed by atoms with E-state index in [-0.39, 0.29) is 0 Å². The zero-order valence-electron chi connectivity index (χ0n) is 10.2. The lowest BCUT2D eigenvalue weighted by Crippen LogP contribution is -2.35. The molecule has 0 bridgehead atoms. The van der Waals surface area contributed by atoms with Gasteiger partial charge in [0.2, 0.25) is 0 Å². The zero-order valence-corrected chi connectivity index (χ0v) is 11.8. The molecule has 98 valence electrons. The monoisotopic (exact) mass is 321 g/mol. The second kappa shape index (κ2) is 5.84. The van der Waals surface area contributed by atoms with Crippen LogP contribution < -0.4 is 4.90 Å². The van der Waals surface area contributed by atoms with Gasteiger partial charge in [-0.1, -0.05) is 34.1 Å². The fourth-order valence-corrected chi connectivity index (χ4v) is 2.40. The zero-order chi connectivity index (χ0) is 13.8. The van der Waals surface area contributed by atoms with Crippen molar-refractivity contribution in [1.29, 1.82) is 0 Å². The molecular weight excluding hydrogens is 310 g/mol. The van der Waals surface area contributed by atoms with Gasteiger partial charge in [0, 0.05) is 16.4 Å². The molecule has 0 saturated heterocycles. The molecule has 1 aromatic rings. The second-order valence-corrected chi connectivity index (χ2v) is 4.84. The van der Waals surface area contributed by atoms with Crippen LogP contribution in [0.4, 0.5) is 5.69 Å². The molecule has 0 spiro atoms. The summed E-state index contributed by atoms with van der Waals surface area (Å²) < 4.78 is 5.32. The van der Waals surface area contributed by atoms with Crippen molar-refractivity contribution >= 4 is 33.9 Å². The molecule has 0 saturated carbocycles. The highest BCUT2D eigenvalue weighted by Crippen LogP contribution is 2.29. The number of rotatable bonds is 3. The second-order valence-electron chi connectivity index (χ2n) is 3.93. The summed E-state index contributed by atoms with van der Waals surface area (Å²) in [5.41, 5.74) is 1.21. The van der Waals surface area contributed by atoms with Crippen LogP contribution >= 0.6 is 15.9 Å². The van der Waals surface area contributed by atoms with Gasteiger partial charge in [-0.3, -0.25) is 0 Å². The lowest BCUT2D eigenvalue weighted by atomic mass is 10.1. The smallest absolute Gasteiger partial charge is 0.339 e. The van der Waals surface area contributed by atoms with Gasteiger partial charge in [0.05, 0.1) is 12.7 Å². The third-order valence-electron chi connectivity index (χ3n) is 2.76. The van der Waals surface area contributed by atoms with Gasteiger partial charge in [-0.2, -0.15) is 0 Å². The number of anilines is 1. The molecule has 0 fully saturated rings. The van der Waals surface area contributed by atoms with Crippen molar-refractivity contribution in [3.63, 3.8) is 0 Å². The molecule has 0 aromatic heterocycles. The predicted octanol–water partition coefficient (Wildman–Crippen LogP) is 2.41. The first-order valence-corrected chi connectivity index (χ1v) is 6.42. The summed E-state index contributed by atoms with van der Waals surface area (Å²) in [7, 11) is 1.32. The maximum absolute atomic E-state index is 11.6. The van der Waals surface area contributed by atoms with Gasteiger partial charge in [0.15, 0.2) is 0 Å². The molecule has 1 unspecified atom stereocenters. The van der Waals surface area contributed by atoms with Crippen LogP contribution in [0.15, 0.2) is 52.7 Å². The van der Waals surface area contributed by atoms with Gasteiger partial charge in [-0.05, 0) is 18.2 Å². The molecule has 5 heteroatoms. The number of hydrogen-bond donors (Lipinski definition) is 0. The highest BCUT2D eigenvalue weighted by Gasteiger charge is 2.26. The fraction of sp³-hybridized carbons (Fsp3) is 0.143. The van der Waals surface area contributed by atoms with Crippen molar-refractivity contribution in [2.24, 2.45) is 0 Å². The molecule has 1 aliphatic rings. The van der Waals surface area contributed by atoms with Gasteiger partial charge in [-0.25, -0.2) is 4.79 Å². The molecule has 1 heterocycles. The minimum absolute atomic E-state index is 0.385. The summed E-state index contributed by atoms with van der Waals surface area (Å²) in [6, 6.07) is 8.89. The largest absolute Gasteiger partial charge is 0.465 e. The first-order chi connectivity index (χ1) is 9.17. The molecule has 19 heavy (non-hydrogen) atoms. The van der Waals surface area contributed by atoms with E-state index in [4.69, 9.17) is 4.74 Å². The molecule has 0 aliphatic carbocycles. The van der Waals surface area contributed by atoms with Crippen molar-refractivity contribution in [2.75, 3.05) is 12.0 Å². The van der Waals surface area contributed by atoms with Gasteiger partial charge >= 0.3 is 5.97 Å². The Hall–Kier alpha value is -1.88. The number of aldehydes is 1. The summed E-state index contributed by atoms with van der Waals surface area (Å²) in [5, 5.41) is 0. The number of nitrogens with zero attached hydrogens (tertiary/aromatic N) is 1. The third kappa shape index (κ3) is 2.76. The van der Waals surface area contributed by atoms with E-state index in [1.807, 2.05) is 30.3 Å². The summed E-state index contributed by atoms with van der Waals surface area (Å²) >= 11 is 3.33. The fourth-order valence-electron chi connectivity index (χ4n) is 1.83. The van der Waals surface area contributed by atoms with E-state index in [1.165, 1.54) is 7.11 Å². The number of carbonyl (C=O) groups is 2. The number of benzene rings is 1. The highest BCUT2D eigenvalue weighted by molar-refractivity contribution is 9.11. The lowest BCUT2D eigenvalue weighted by Gasteiger charge is -2.30. The van der Waals surface area contributed by atoms with E-state index < -0.39 is 12.0 Å². The predicted molar refractivity (Wildman–Crippen MR) is 75.9 cm³/mol. The van der Waals surface area contributed by atoms with E-state index in [1.54, 1.807) is 17.2 Å². The van der Waals surface area contributed by atoms with E-state index in [2.05, 4.69) is 15.9 Å². The molecule has 1 atom stereocenters. The standard InChI is InChI=1S/C14H12BrNO3/c1-19-14(18)10-7-12(15)13(9-17)16(8-10)11-5-3-2-4-6-11/h2-9,13H,1H3. The Labute approximate surface area is 119 Å². The molecule has 0 amide bonds. The number of esters is 1. The van der Waals surface area contributed by atoms with Gasteiger partial charge in [0.25, 0.3) is 0 Å². The number of hydrogen-bond acceptors (Lipinski definition) is 4. The molecule has 0 radical (unpaired) electrons. The quantitative estimate of drug-likeness (QED) is 0.633. The van der Waals surface area contributed by atoms with Crippen molar-refractivity contribution in [3.05, 3.63) is 52.7 Å². The van der Waals surface area contributed by atoms with E-state index >= 15 is 0 Å². The lowest BCUT2D eigenvalue weighted by molar-refractivity contribution is -0.135. The van der Waals surface area contributed by atoms with Crippen molar-refractivity contribution in [3.8, 4) is 0 Å². The van der Waals surface area contributed by atoms with Gasteiger partial charge in [0.1, 0.15) is 12.3 Å². The minimum Gasteiger partial charge on any atom is -0.465 e. The van der Waals surface area contributed by atoms with Crippen molar-refractivity contribution in [2.45, 2.75) is 6.04 Å². The van der Waals surface area contributed by atoms with E-state index in [9.17, 15) is 9.59 Å². The number of ether oxygens (including phenoxy) is 1. The molecule has 1 aliphatic heterocycles. The van der Waals surface area contributed by atoms with Gasteiger partial charge in [-0.15, -0.1) is 0 Å². The SMILES string of the molecule is COC(=O)C1=CN(c2ccccc2)C(C=O)C(Br)=C1. The molecular formula is C14H12BrNO3. The summed E-state index contributed by atoms with van der Waals surface area (Å²) in [4.78, 5) is 24.6. The summed E-state index contributed by atoms with van der Waals surface area (Å²) in [6.07, 6.45) is 4.04. The Morgan fingerprint density at radius 1 is 1.37 bits per heavy atom. The normalized spacial score (nSPS) is 18.4. The maximum atomic E-state index is 11.6. The van der Waals surface area contributed by atoms with Crippen LogP contribution in [0.25, 0.3) is 0 Å². The van der Waals surface area contributed by atoms with Gasteiger partial charge < -0.3 is 14.4 Å². The average molecular weight is 322 g/mol. The first-order valence-electron chi connectivity index (χ1n) is 5.63. The molecule has 0 N–H and O–H groups in total. The van der Waals surface area contributed by atoms with E-state index in [0.29, 0.717) is 10.1 Å². The number of methoxy groups -OCH3 is 1. The Morgan fingerprint density at radius 3 is 2.63 bits per heavy atom. The number of halogens is 1. The Bertz CT molecular complexity index is 551. The van der Waals surface area contributed by atoms with Crippen LogP contribution in [0.2, 0.25) is 0 Å². The van der Waals surface area contributed by atoms with Crippen LogP contribution in [0.3, 0.4) is 0 Å². The van der Waals surface area contributed by atoms with Crippen LogP contribution in [0.1, 0.15) is 0 Å². The summed E-state index contributed by atoms with van der Waals surface area (Å²) in [5.74, 6) is -0.442. The Balaban J connectivity index is 2.44. The van der Waals surface area contributed by atoms with E-state index in [0.717, 1.165) is 12.0 Å². The molecule has 4 nitrogen and oxygen atoms in total. The number of carbonyl (C=O) groups excluding carboxylic acids is 2. The Morgan fingerprint density at radius 2 is 2.05 bits per heavy atom. The maximum Gasteiger partial charge on any atom is 0.339 e. The number of para-hydroxylation sites is 1. The first kappa shape index (κ1) is 13.5. The molecule has 1 aromatic carbocycles. The van der Waals surface area contributed by atoms with Crippen LogP contribution in [-0.4, -0.2) is 25.4 Å². The third-order valence-corrected chi connectivity index (χ3v) is 3.46. The minimum atomic E-state index is -0.476. The highest BCUT2D eigenvalue weighted by atomic mass is 79.9. The van der Waals surface area contributed by atoms with Crippen LogP contribution in [0, 0.1) is 0 Å². The van der Waals surface area contributed by atoms with Crippen molar-refractivity contribution in [1.82, 2.24) is 0 Å². The Kier molecular flexibility index (Phi) is 4.16. The van der Waals surface area contributed by atoms with Crippen LogP contribution in [-0.2, 0) is 14.3 Å². The van der Waals surface area contributed by atoms with Crippen LogP contribution in [0.5, 0.6) is 0 Å². The summed E-state index contributed by atoms with van der Waals surface area (Å²) in [6.45, 7) is 0.